The lowest BCUT2D eigenvalue weighted by Crippen LogP contribution is -2.40. The SMILES string of the molecule is CC(=O)Nc1ccc(S(=O)(=O)N[C@@H](CC(=O)O)C(C)C)cc1. The second-order valence-electron chi connectivity index (χ2n) is 5.28. The van der Waals surface area contributed by atoms with E-state index >= 15 is 0 Å². The second kappa shape index (κ2) is 7.37. The van der Waals surface area contributed by atoms with Crippen LogP contribution in [0.4, 0.5) is 5.69 Å². The lowest BCUT2D eigenvalue weighted by molar-refractivity contribution is -0.137. The number of carboxylic acids is 1. The predicted molar refractivity (Wildman–Crippen MR) is 81.9 cm³/mol. The van der Waals surface area contributed by atoms with Gasteiger partial charge in [-0.1, -0.05) is 13.8 Å². The number of benzene rings is 1. The molecule has 0 aliphatic carbocycles. The number of rotatable bonds is 7. The molecule has 122 valence electrons. The molecule has 7 nitrogen and oxygen atoms in total. The molecule has 3 N–H and O–H groups in total. The standard InChI is InChI=1S/C14H20N2O5S/c1-9(2)13(8-14(18)19)16-22(20,21)12-6-4-11(5-7-12)15-10(3)17/h4-7,9,13,16H,8H2,1-3H3,(H,15,17)(H,18,19)/t13-/m0/s1. The Balaban J connectivity index is 2.93. The van der Waals surface area contributed by atoms with Gasteiger partial charge in [0.2, 0.25) is 15.9 Å². The molecule has 0 aliphatic heterocycles. The molecule has 0 heterocycles. The van der Waals surface area contributed by atoms with Crippen LogP contribution in [0.15, 0.2) is 29.2 Å². The third kappa shape index (κ3) is 5.45. The maximum absolute atomic E-state index is 12.3. The van der Waals surface area contributed by atoms with Gasteiger partial charge in [0.1, 0.15) is 0 Å². The van der Waals surface area contributed by atoms with Crippen molar-refractivity contribution in [3.05, 3.63) is 24.3 Å². The number of sulfonamides is 1. The van der Waals surface area contributed by atoms with Crippen molar-refractivity contribution in [2.24, 2.45) is 5.92 Å². The summed E-state index contributed by atoms with van der Waals surface area (Å²) in [6.45, 7) is 4.84. The van der Waals surface area contributed by atoms with Crippen LogP contribution in [0.25, 0.3) is 0 Å². The molecule has 0 saturated heterocycles. The molecule has 22 heavy (non-hydrogen) atoms. The van der Waals surface area contributed by atoms with Gasteiger partial charge in [-0.15, -0.1) is 0 Å². The summed E-state index contributed by atoms with van der Waals surface area (Å²) in [5.74, 6) is -1.48. The average molecular weight is 328 g/mol. The Morgan fingerprint density at radius 3 is 2.14 bits per heavy atom. The number of amides is 1. The van der Waals surface area contributed by atoms with E-state index in [4.69, 9.17) is 5.11 Å². The van der Waals surface area contributed by atoms with Crippen molar-refractivity contribution in [3.63, 3.8) is 0 Å². The van der Waals surface area contributed by atoms with Gasteiger partial charge in [0, 0.05) is 18.7 Å². The van der Waals surface area contributed by atoms with E-state index in [9.17, 15) is 18.0 Å². The van der Waals surface area contributed by atoms with Crippen LogP contribution in [0.1, 0.15) is 27.2 Å². The number of carbonyl (C=O) groups excluding carboxylic acids is 1. The number of nitrogens with one attached hydrogen (secondary N) is 2. The Kier molecular flexibility index (Phi) is 6.07. The van der Waals surface area contributed by atoms with Crippen molar-refractivity contribution < 1.29 is 23.1 Å². The number of anilines is 1. The summed E-state index contributed by atoms with van der Waals surface area (Å²) in [5, 5.41) is 11.4. The van der Waals surface area contributed by atoms with E-state index in [1.165, 1.54) is 31.2 Å². The molecule has 0 aromatic heterocycles. The minimum Gasteiger partial charge on any atom is -0.481 e. The molecule has 1 amide bonds. The van der Waals surface area contributed by atoms with Crippen molar-refractivity contribution in [3.8, 4) is 0 Å². The summed E-state index contributed by atoms with van der Waals surface area (Å²) in [4.78, 5) is 21.7. The zero-order valence-electron chi connectivity index (χ0n) is 12.7. The summed E-state index contributed by atoms with van der Waals surface area (Å²) in [6, 6.07) is 4.95. The molecule has 0 unspecified atom stereocenters. The van der Waals surface area contributed by atoms with E-state index in [0.29, 0.717) is 5.69 Å². The molecule has 1 aromatic carbocycles. The lowest BCUT2D eigenvalue weighted by atomic mass is 10.0. The first kappa shape index (κ1) is 18.1. The van der Waals surface area contributed by atoms with E-state index in [1.807, 2.05) is 0 Å². The highest BCUT2D eigenvalue weighted by Crippen LogP contribution is 2.16. The lowest BCUT2D eigenvalue weighted by Gasteiger charge is -2.20. The maximum atomic E-state index is 12.3. The molecule has 8 heteroatoms. The topological polar surface area (TPSA) is 113 Å². The van der Waals surface area contributed by atoms with Crippen LogP contribution in [0, 0.1) is 5.92 Å². The minimum atomic E-state index is -3.82. The van der Waals surface area contributed by atoms with Gasteiger partial charge in [-0.3, -0.25) is 9.59 Å². The average Bonchev–Trinajstić information content (AvgIpc) is 2.36. The molecule has 0 radical (unpaired) electrons. The largest absolute Gasteiger partial charge is 0.481 e. The monoisotopic (exact) mass is 328 g/mol. The summed E-state index contributed by atoms with van der Waals surface area (Å²) in [7, 11) is -3.82. The fraction of sp³-hybridized carbons (Fsp3) is 0.429. The van der Waals surface area contributed by atoms with Crippen molar-refractivity contribution in [2.75, 3.05) is 5.32 Å². The summed E-state index contributed by atoms with van der Waals surface area (Å²) >= 11 is 0. The summed E-state index contributed by atoms with van der Waals surface area (Å²) < 4.78 is 26.9. The van der Waals surface area contributed by atoms with E-state index in [1.54, 1.807) is 13.8 Å². The van der Waals surface area contributed by atoms with Crippen molar-refractivity contribution in [1.82, 2.24) is 4.72 Å². The van der Waals surface area contributed by atoms with Crippen molar-refractivity contribution in [2.45, 2.75) is 38.1 Å². The van der Waals surface area contributed by atoms with Crippen molar-refractivity contribution in [1.29, 1.82) is 0 Å². The van der Waals surface area contributed by atoms with Crippen LogP contribution in [0.5, 0.6) is 0 Å². The minimum absolute atomic E-state index is 0.0117. The summed E-state index contributed by atoms with van der Waals surface area (Å²) in [6.07, 6.45) is -0.291. The Morgan fingerprint density at radius 2 is 1.73 bits per heavy atom. The molecule has 1 atom stereocenters. The van der Waals surface area contributed by atoms with Gasteiger partial charge in [-0.25, -0.2) is 13.1 Å². The summed E-state index contributed by atoms with van der Waals surface area (Å²) in [5.41, 5.74) is 0.484. The predicted octanol–water partition coefficient (Wildman–Crippen LogP) is 1.42. The van der Waals surface area contributed by atoms with Crippen LogP contribution >= 0.6 is 0 Å². The zero-order valence-corrected chi connectivity index (χ0v) is 13.5. The highest BCUT2D eigenvalue weighted by atomic mass is 32.2. The van der Waals surface area contributed by atoms with Gasteiger partial charge >= 0.3 is 5.97 Å². The molecule has 0 saturated carbocycles. The molecule has 1 rings (SSSR count). The zero-order chi connectivity index (χ0) is 16.9. The van der Waals surface area contributed by atoms with Crippen molar-refractivity contribution >= 4 is 27.6 Å². The Hall–Kier alpha value is -1.93. The molecule has 1 aromatic rings. The maximum Gasteiger partial charge on any atom is 0.304 e. The number of carboxylic acid groups (broad SMARTS) is 1. The molecule has 0 aliphatic rings. The van der Waals surface area contributed by atoms with Crippen LogP contribution < -0.4 is 10.0 Å². The smallest absolute Gasteiger partial charge is 0.304 e. The highest BCUT2D eigenvalue weighted by Gasteiger charge is 2.24. The van der Waals surface area contributed by atoms with Gasteiger partial charge in [0.25, 0.3) is 0 Å². The molecule has 0 spiro atoms. The van der Waals surface area contributed by atoms with Gasteiger partial charge in [-0.2, -0.15) is 0 Å². The van der Waals surface area contributed by atoms with Gasteiger partial charge in [-0.05, 0) is 30.2 Å². The van der Waals surface area contributed by atoms with Gasteiger partial charge < -0.3 is 10.4 Å². The van der Waals surface area contributed by atoms with E-state index in [0.717, 1.165) is 0 Å². The Bertz CT molecular complexity index is 638. The second-order valence-corrected chi connectivity index (χ2v) is 6.99. The van der Waals surface area contributed by atoms with Crippen LogP contribution in [0.2, 0.25) is 0 Å². The Labute approximate surface area is 129 Å². The first-order valence-corrected chi connectivity index (χ1v) is 8.22. The van der Waals surface area contributed by atoms with E-state index in [-0.39, 0.29) is 23.1 Å². The highest BCUT2D eigenvalue weighted by molar-refractivity contribution is 7.89. The fourth-order valence-electron chi connectivity index (χ4n) is 1.79. The Morgan fingerprint density at radius 1 is 1.18 bits per heavy atom. The third-order valence-corrected chi connectivity index (χ3v) is 4.50. The molecule has 0 fully saturated rings. The normalized spacial score (nSPS) is 12.9. The number of aliphatic carboxylic acids is 1. The molecular weight excluding hydrogens is 308 g/mol. The number of hydrogen-bond donors (Lipinski definition) is 3. The van der Waals surface area contributed by atoms with Gasteiger partial charge in [0.15, 0.2) is 0 Å². The van der Waals surface area contributed by atoms with Crippen LogP contribution in [-0.2, 0) is 19.6 Å². The first-order chi connectivity index (χ1) is 10.1. The first-order valence-electron chi connectivity index (χ1n) is 6.73. The van der Waals surface area contributed by atoms with E-state index < -0.39 is 22.0 Å². The van der Waals surface area contributed by atoms with Gasteiger partial charge in [0.05, 0.1) is 11.3 Å². The van der Waals surface area contributed by atoms with E-state index in [2.05, 4.69) is 10.0 Å². The van der Waals surface area contributed by atoms with Crippen LogP contribution in [-0.4, -0.2) is 31.4 Å². The quantitative estimate of drug-likeness (QED) is 0.701. The number of hydrogen-bond acceptors (Lipinski definition) is 4. The molecular formula is C14H20N2O5S. The van der Waals surface area contributed by atoms with Crippen LogP contribution in [0.3, 0.4) is 0 Å². The third-order valence-electron chi connectivity index (χ3n) is 2.99. The number of carbonyl (C=O) groups is 2. The fourth-order valence-corrected chi connectivity index (χ4v) is 3.17. The molecule has 0 bridgehead atoms.